The summed E-state index contributed by atoms with van der Waals surface area (Å²) in [6, 6.07) is 3.59. The van der Waals surface area contributed by atoms with Crippen LogP contribution in [0.2, 0.25) is 5.02 Å². The first-order valence-corrected chi connectivity index (χ1v) is 14.8. The van der Waals surface area contributed by atoms with Gasteiger partial charge >= 0.3 is 11.9 Å². The zero-order valence-electron chi connectivity index (χ0n) is 25.5. The van der Waals surface area contributed by atoms with Gasteiger partial charge in [0.15, 0.2) is 28.8 Å². The third-order valence-electron chi connectivity index (χ3n) is 7.91. The summed E-state index contributed by atoms with van der Waals surface area (Å²) in [5.74, 6) is -4.40. The van der Waals surface area contributed by atoms with Crippen molar-refractivity contribution in [2.45, 2.75) is 59.3 Å². The average molecular weight is 651 g/mol. The molecule has 2 amide bonds. The first-order chi connectivity index (χ1) is 21.4. The van der Waals surface area contributed by atoms with Gasteiger partial charge in [0, 0.05) is 56.6 Å². The van der Waals surface area contributed by atoms with Crippen molar-refractivity contribution in [2.75, 3.05) is 27.4 Å². The molecule has 2 aromatic rings. The molecule has 0 aromatic heterocycles. The number of rotatable bonds is 14. The van der Waals surface area contributed by atoms with E-state index in [1.807, 2.05) is 0 Å². The third-order valence-corrected chi connectivity index (χ3v) is 8.31. The van der Waals surface area contributed by atoms with Crippen LogP contribution < -0.4 is 18.9 Å². The van der Waals surface area contributed by atoms with Crippen LogP contribution in [0, 0.1) is 17.7 Å². The second-order valence-corrected chi connectivity index (χ2v) is 11.5. The summed E-state index contributed by atoms with van der Waals surface area (Å²) in [5.41, 5.74) is 2.33. The van der Waals surface area contributed by atoms with Gasteiger partial charge in [-0.2, -0.15) is 0 Å². The van der Waals surface area contributed by atoms with Crippen LogP contribution in [0.1, 0.15) is 55.4 Å². The lowest BCUT2D eigenvalue weighted by Gasteiger charge is -2.17. The number of carboxylic acid groups (broad SMARTS) is 2. The highest BCUT2D eigenvalue weighted by atomic mass is 35.5. The van der Waals surface area contributed by atoms with Crippen LogP contribution >= 0.6 is 11.6 Å². The maximum atomic E-state index is 15.4. The Balaban J connectivity index is 1.36. The predicted molar refractivity (Wildman–Crippen MR) is 158 cm³/mol. The van der Waals surface area contributed by atoms with Gasteiger partial charge < -0.3 is 39.0 Å². The highest BCUT2D eigenvalue weighted by molar-refractivity contribution is 6.33. The molecule has 0 saturated carbocycles. The fourth-order valence-corrected chi connectivity index (χ4v) is 5.53. The largest absolute Gasteiger partial charge is 0.493 e. The van der Waals surface area contributed by atoms with Crippen molar-refractivity contribution in [2.24, 2.45) is 11.8 Å². The highest BCUT2D eigenvalue weighted by Gasteiger charge is 2.34. The number of aliphatic carboxylic acids is 2. The van der Waals surface area contributed by atoms with E-state index in [1.54, 1.807) is 17.0 Å². The third kappa shape index (κ3) is 7.35. The molecular formula is C31H36ClFN2O10. The number of methoxy groups -OCH3 is 2. The maximum Gasteiger partial charge on any atom is 0.306 e. The van der Waals surface area contributed by atoms with E-state index in [-0.39, 0.29) is 67.1 Å². The van der Waals surface area contributed by atoms with Crippen molar-refractivity contribution >= 4 is 35.4 Å². The van der Waals surface area contributed by atoms with Crippen molar-refractivity contribution in [1.29, 1.82) is 0 Å². The van der Waals surface area contributed by atoms with Gasteiger partial charge in [-0.1, -0.05) is 25.4 Å². The van der Waals surface area contributed by atoms with Crippen molar-refractivity contribution in [3.8, 4) is 23.0 Å². The van der Waals surface area contributed by atoms with Crippen LogP contribution in [0.25, 0.3) is 0 Å². The molecule has 2 heterocycles. The Labute approximate surface area is 264 Å². The smallest absolute Gasteiger partial charge is 0.306 e. The molecule has 0 fully saturated rings. The Bertz CT molecular complexity index is 1500. The van der Waals surface area contributed by atoms with Gasteiger partial charge in [-0.25, -0.2) is 4.39 Å². The molecule has 2 atom stereocenters. The van der Waals surface area contributed by atoms with Crippen LogP contribution in [0.4, 0.5) is 4.39 Å². The molecule has 2 aliphatic heterocycles. The summed E-state index contributed by atoms with van der Waals surface area (Å²) in [6.07, 6.45) is 0.0590. The Morgan fingerprint density at radius 2 is 1.31 bits per heavy atom. The van der Waals surface area contributed by atoms with Crippen molar-refractivity contribution in [3.63, 3.8) is 0 Å². The Morgan fingerprint density at radius 3 is 1.84 bits per heavy atom. The second-order valence-electron chi connectivity index (χ2n) is 11.2. The van der Waals surface area contributed by atoms with E-state index >= 15 is 4.39 Å². The minimum absolute atomic E-state index is 0.000654. The van der Waals surface area contributed by atoms with Gasteiger partial charge in [0.1, 0.15) is 0 Å². The minimum Gasteiger partial charge on any atom is -0.493 e. The molecule has 12 nitrogen and oxygen atoms in total. The summed E-state index contributed by atoms with van der Waals surface area (Å²) < 4.78 is 37.9. The molecule has 244 valence electrons. The number of carboxylic acids is 2. The molecule has 45 heavy (non-hydrogen) atoms. The molecule has 14 heteroatoms. The van der Waals surface area contributed by atoms with E-state index in [9.17, 15) is 19.2 Å². The Kier molecular flexibility index (Phi) is 10.6. The van der Waals surface area contributed by atoms with Crippen molar-refractivity contribution < 1.29 is 52.7 Å². The van der Waals surface area contributed by atoms with Gasteiger partial charge in [-0.3, -0.25) is 19.2 Å². The number of fused-ring (bicyclic) bond motifs is 2. The van der Waals surface area contributed by atoms with Crippen molar-refractivity contribution in [1.82, 2.24) is 9.80 Å². The minimum atomic E-state index is -1.09. The average Bonchev–Trinajstić information content (AvgIpc) is 3.64. The summed E-state index contributed by atoms with van der Waals surface area (Å²) >= 11 is 6.61. The molecule has 0 bridgehead atoms. The van der Waals surface area contributed by atoms with E-state index < -0.39 is 35.5 Å². The van der Waals surface area contributed by atoms with Crippen LogP contribution in [0.5, 0.6) is 23.0 Å². The standard InChI is InChI=1S/C31H36ClFN2O10/c1-16(30(38)39)8-24(36)34-12-18-10-22(42-3)23(11-19(18)13-34)44-6-5-7-45-28-26(32)20-14-35(25(37)9-17(2)31(40)41)15-21(20)27(33)29(28)43-4/h10-11,16-17H,5-9,12-15H2,1-4H3,(H,38,39)(H,40,41). The van der Waals surface area contributed by atoms with Crippen LogP contribution in [0.3, 0.4) is 0 Å². The van der Waals surface area contributed by atoms with E-state index in [0.717, 1.165) is 11.1 Å². The molecule has 2 aromatic carbocycles. The van der Waals surface area contributed by atoms with Gasteiger partial charge in [0.2, 0.25) is 11.8 Å². The fourth-order valence-electron chi connectivity index (χ4n) is 5.22. The van der Waals surface area contributed by atoms with Crippen LogP contribution in [-0.4, -0.2) is 71.2 Å². The lowest BCUT2D eigenvalue weighted by Crippen LogP contribution is -2.28. The summed E-state index contributed by atoms with van der Waals surface area (Å²) in [4.78, 5) is 50.5. The number of nitrogens with zero attached hydrogens (tertiary/aromatic N) is 2. The topological polar surface area (TPSA) is 152 Å². The van der Waals surface area contributed by atoms with Crippen molar-refractivity contribution in [3.05, 3.63) is 45.2 Å². The highest BCUT2D eigenvalue weighted by Crippen LogP contribution is 2.46. The van der Waals surface area contributed by atoms with Gasteiger partial charge in [-0.05, 0) is 23.3 Å². The molecule has 4 rings (SSSR count). The normalized spacial score (nSPS) is 14.8. The molecule has 0 radical (unpaired) electrons. The quantitative estimate of drug-likeness (QED) is 0.284. The first-order valence-electron chi connectivity index (χ1n) is 14.4. The summed E-state index contributed by atoms with van der Waals surface area (Å²) in [6.45, 7) is 3.84. The summed E-state index contributed by atoms with van der Waals surface area (Å²) in [5, 5.41) is 18.4. The molecule has 0 aliphatic carbocycles. The number of hydrogen-bond acceptors (Lipinski definition) is 8. The van der Waals surface area contributed by atoms with Gasteiger partial charge in [0.05, 0.1) is 44.3 Å². The fraction of sp³-hybridized carbons (Fsp3) is 0.484. The number of halogens is 2. The molecule has 2 N–H and O–H groups in total. The number of carbonyl (C=O) groups is 4. The molecule has 0 spiro atoms. The van der Waals surface area contributed by atoms with E-state index in [2.05, 4.69) is 0 Å². The number of amides is 2. The number of ether oxygens (including phenoxy) is 4. The van der Waals surface area contributed by atoms with E-state index in [0.29, 0.717) is 36.6 Å². The van der Waals surface area contributed by atoms with Gasteiger partial charge in [0.25, 0.3) is 0 Å². The van der Waals surface area contributed by atoms with Crippen LogP contribution in [-0.2, 0) is 45.4 Å². The molecular weight excluding hydrogens is 615 g/mol. The predicted octanol–water partition coefficient (Wildman–Crippen LogP) is 4.25. The Morgan fingerprint density at radius 1 is 0.800 bits per heavy atom. The molecule has 0 saturated heterocycles. The monoisotopic (exact) mass is 650 g/mol. The van der Waals surface area contributed by atoms with E-state index in [1.165, 1.54) is 33.0 Å². The zero-order chi connectivity index (χ0) is 33.0. The van der Waals surface area contributed by atoms with Gasteiger partial charge in [-0.15, -0.1) is 0 Å². The molecule has 2 aliphatic rings. The molecule has 2 unspecified atom stereocenters. The van der Waals surface area contributed by atoms with E-state index in [4.69, 9.17) is 40.8 Å². The lowest BCUT2D eigenvalue weighted by atomic mass is 10.1. The maximum absolute atomic E-state index is 15.4. The first kappa shape index (κ1) is 33.6. The number of hydrogen-bond donors (Lipinski definition) is 2. The summed E-state index contributed by atoms with van der Waals surface area (Å²) in [7, 11) is 2.79. The zero-order valence-corrected chi connectivity index (χ0v) is 26.2. The SMILES string of the molecule is COc1cc2c(cc1OCCCOc1c(Cl)c3c(c(F)c1OC)CN(C(=O)CC(C)C(=O)O)C3)CN(C(=O)CC(C)C(=O)O)C2. The lowest BCUT2D eigenvalue weighted by molar-refractivity contribution is -0.145. The number of carbonyl (C=O) groups excluding carboxylic acids is 2. The van der Waals surface area contributed by atoms with Crippen LogP contribution in [0.15, 0.2) is 12.1 Å². The second kappa shape index (κ2) is 14.2. The number of benzene rings is 2. The Hall–Kier alpha value is -4.26.